The van der Waals surface area contributed by atoms with Crippen LogP contribution in [-0.2, 0) is 16.1 Å². The maximum Gasteiger partial charge on any atom is 0.223 e. The predicted octanol–water partition coefficient (Wildman–Crippen LogP) is 1.35. The first-order chi connectivity index (χ1) is 9.66. The molecular formula is C15H21N3O2. The molecular weight excluding hydrogens is 254 g/mol. The second kappa shape index (κ2) is 7.03. The molecule has 5 nitrogen and oxygen atoms in total. The van der Waals surface area contributed by atoms with Crippen LogP contribution in [0, 0.1) is 5.92 Å². The van der Waals surface area contributed by atoms with Crippen molar-refractivity contribution in [3.05, 3.63) is 30.1 Å². The zero-order chi connectivity index (χ0) is 14.4. The Hall–Kier alpha value is -1.91. The van der Waals surface area contributed by atoms with Crippen LogP contribution in [0.2, 0.25) is 0 Å². The summed E-state index contributed by atoms with van der Waals surface area (Å²) in [6.45, 7) is 3.15. The van der Waals surface area contributed by atoms with Crippen molar-refractivity contribution in [2.24, 2.45) is 5.92 Å². The number of hydrogen-bond acceptors (Lipinski definition) is 3. The van der Waals surface area contributed by atoms with Crippen LogP contribution in [0.5, 0.6) is 0 Å². The summed E-state index contributed by atoms with van der Waals surface area (Å²) >= 11 is 0. The minimum atomic E-state index is 0.0136. The van der Waals surface area contributed by atoms with E-state index in [1.165, 1.54) is 0 Å². The van der Waals surface area contributed by atoms with Crippen molar-refractivity contribution < 1.29 is 9.59 Å². The molecule has 0 bridgehead atoms. The van der Waals surface area contributed by atoms with Gasteiger partial charge in [0.25, 0.3) is 0 Å². The van der Waals surface area contributed by atoms with E-state index in [2.05, 4.69) is 10.3 Å². The Morgan fingerprint density at radius 2 is 2.05 bits per heavy atom. The van der Waals surface area contributed by atoms with Crippen molar-refractivity contribution in [2.45, 2.75) is 32.7 Å². The number of amides is 2. The maximum absolute atomic E-state index is 11.7. The molecule has 0 aromatic carbocycles. The lowest BCUT2D eigenvalue weighted by atomic mass is 9.85. The summed E-state index contributed by atoms with van der Waals surface area (Å²) in [5, 5.41) is 2.91. The Bertz CT molecular complexity index is 457. The monoisotopic (exact) mass is 275 g/mol. The molecule has 0 radical (unpaired) electrons. The SMILES string of the molecule is CC(=O)N(CCNC(=O)C1CCC1)Cc1ccncc1. The van der Waals surface area contributed by atoms with Crippen LogP contribution in [0.25, 0.3) is 0 Å². The lowest BCUT2D eigenvalue weighted by Crippen LogP contribution is -2.40. The largest absolute Gasteiger partial charge is 0.354 e. The highest BCUT2D eigenvalue weighted by molar-refractivity contribution is 5.79. The summed E-state index contributed by atoms with van der Waals surface area (Å²) in [6.07, 6.45) is 6.58. The molecule has 2 amide bonds. The third-order valence-electron chi connectivity index (χ3n) is 3.73. The molecule has 0 spiro atoms. The van der Waals surface area contributed by atoms with E-state index >= 15 is 0 Å². The maximum atomic E-state index is 11.7. The van der Waals surface area contributed by atoms with Crippen LogP contribution in [0.3, 0.4) is 0 Å². The Morgan fingerprint density at radius 1 is 1.35 bits per heavy atom. The number of aromatic nitrogens is 1. The smallest absolute Gasteiger partial charge is 0.223 e. The topological polar surface area (TPSA) is 62.3 Å². The van der Waals surface area contributed by atoms with Gasteiger partial charge in [0.05, 0.1) is 0 Å². The summed E-state index contributed by atoms with van der Waals surface area (Å²) in [5.74, 6) is 0.337. The van der Waals surface area contributed by atoms with Crippen molar-refractivity contribution >= 4 is 11.8 Å². The lowest BCUT2D eigenvalue weighted by Gasteiger charge is -2.25. The zero-order valence-corrected chi connectivity index (χ0v) is 11.8. The van der Waals surface area contributed by atoms with Crippen molar-refractivity contribution in [1.82, 2.24) is 15.2 Å². The molecule has 1 aromatic heterocycles. The van der Waals surface area contributed by atoms with Gasteiger partial charge in [-0.3, -0.25) is 14.6 Å². The number of hydrogen-bond donors (Lipinski definition) is 1. The lowest BCUT2D eigenvalue weighted by molar-refractivity contribution is -0.131. The molecule has 0 saturated heterocycles. The molecule has 1 fully saturated rings. The first-order valence-corrected chi connectivity index (χ1v) is 7.09. The average Bonchev–Trinajstić information content (AvgIpc) is 2.36. The molecule has 1 N–H and O–H groups in total. The zero-order valence-electron chi connectivity index (χ0n) is 11.8. The minimum Gasteiger partial charge on any atom is -0.354 e. The Morgan fingerprint density at radius 3 is 2.60 bits per heavy atom. The van der Waals surface area contributed by atoms with Crippen LogP contribution < -0.4 is 5.32 Å². The first-order valence-electron chi connectivity index (χ1n) is 7.09. The molecule has 0 aliphatic heterocycles. The molecule has 1 aromatic rings. The van der Waals surface area contributed by atoms with Gasteiger partial charge in [-0.25, -0.2) is 0 Å². The van der Waals surface area contributed by atoms with Crippen LogP contribution in [0.1, 0.15) is 31.7 Å². The molecule has 20 heavy (non-hydrogen) atoms. The van der Waals surface area contributed by atoms with Gasteiger partial charge in [0, 0.05) is 44.9 Å². The fraction of sp³-hybridized carbons (Fsp3) is 0.533. The van der Waals surface area contributed by atoms with E-state index < -0.39 is 0 Å². The highest BCUT2D eigenvalue weighted by Crippen LogP contribution is 2.25. The molecule has 1 heterocycles. The van der Waals surface area contributed by atoms with Crippen molar-refractivity contribution in [2.75, 3.05) is 13.1 Å². The van der Waals surface area contributed by atoms with E-state index in [9.17, 15) is 9.59 Å². The van der Waals surface area contributed by atoms with Crippen molar-refractivity contribution in [1.29, 1.82) is 0 Å². The summed E-state index contributed by atoms with van der Waals surface area (Å²) in [4.78, 5) is 29.0. The number of carbonyl (C=O) groups is 2. The quantitative estimate of drug-likeness (QED) is 0.852. The summed E-state index contributed by atoms with van der Waals surface area (Å²) < 4.78 is 0. The van der Waals surface area contributed by atoms with Crippen molar-refractivity contribution in [3.8, 4) is 0 Å². The van der Waals surface area contributed by atoms with E-state index in [1.807, 2.05) is 12.1 Å². The van der Waals surface area contributed by atoms with E-state index in [-0.39, 0.29) is 17.7 Å². The van der Waals surface area contributed by atoms with Gasteiger partial charge in [-0.2, -0.15) is 0 Å². The third-order valence-corrected chi connectivity index (χ3v) is 3.73. The third kappa shape index (κ3) is 4.05. The second-order valence-electron chi connectivity index (χ2n) is 5.21. The van der Waals surface area contributed by atoms with Crippen LogP contribution >= 0.6 is 0 Å². The van der Waals surface area contributed by atoms with E-state index in [0.29, 0.717) is 19.6 Å². The molecule has 2 rings (SSSR count). The number of carbonyl (C=O) groups excluding carboxylic acids is 2. The molecule has 1 saturated carbocycles. The predicted molar refractivity (Wildman–Crippen MR) is 75.7 cm³/mol. The fourth-order valence-electron chi connectivity index (χ4n) is 2.19. The van der Waals surface area contributed by atoms with Gasteiger partial charge in [0.2, 0.25) is 11.8 Å². The number of nitrogens with one attached hydrogen (secondary N) is 1. The molecule has 0 unspecified atom stereocenters. The minimum absolute atomic E-state index is 0.0136. The number of rotatable bonds is 6. The average molecular weight is 275 g/mol. The van der Waals surface area contributed by atoms with Crippen LogP contribution in [-0.4, -0.2) is 34.8 Å². The highest BCUT2D eigenvalue weighted by atomic mass is 16.2. The van der Waals surface area contributed by atoms with Crippen LogP contribution in [0.4, 0.5) is 0 Å². The van der Waals surface area contributed by atoms with Gasteiger partial charge in [0.15, 0.2) is 0 Å². The fourth-order valence-corrected chi connectivity index (χ4v) is 2.19. The number of nitrogens with zero attached hydrogens (tertiary/aromatic N) is 2. The summed E-state index contributed by atoms with van der Waals surface area (Å²) in [5.41, 5.74) is 1.04. The Balaban J connectivity index is 1.77. The molecule has 1 aliphatic rings. The van der Waals surface area contributed by atoms with Gasteiger partial charge in [-0.15, -0.1) is 0 Å². The first kappa shape index (κ1) is 14.5. The standard InChI is InChI=1S/C15H21N3O2/c1-12(19)18(11-13-5-7-16-8-6-13)10-9-17-15(20)14-3-2-4-14/h5-8,14H,2-4,9-11H2,1H3,(H,17,20). The van der Waals surface area contributed by atoms with Crippen LogP contribution in [0.15, 0.2) is 24.5 Å². The second-order valence-corrected chi connectivity index (χ2v) is 5.21. The van der Waals surface area contributed by atoms with E-state index in [1.54, 1.807) is 24.2 Å². The normalized spacial score (nSPS) is 14.4. The Kier molecular flexibility index (Phi) is 5.09. The van der Waals surface area contributed by atoms with Gasteiger partial charge in [-0.1, -0.05) is 6.42 Å². The molecule has 108 valence electrons. The van der Waals surface area contributed by atoms with Crippen molar-refractivity contribution in [3.63, 3.8) is 0 Å². The highest BCUT2D eigenvalue weighted by Gasteiger charge is 2.24. The summed E-state index contributed by atoms with van der Waals surface area (Å²) in [7, 11) is 0. The summed E-state index contributed by atoms with van der Waals surface area (Å²) in [6, 6.07) is 3.78. The number of pyridine rings is 1. The van der Waals surface area contributed by atoms with Gasteiger partial charge in [-0.05, 0) is 30.5 Å². The van der Waals surface area contributed by atoms with E-state index in [0.717, 1.165) is 24.8 Å². The molecule has 1 aliphatic carbocycles. The van der Waals surface area contributed by atoms with E-state index in [4.69, 9.17) is 0 Å². The van der Waals surface area contributed by atoms with Gasteiger partial charge >= 0.3 is 0 Å². The van der Waals surface area contributed by atoms with Gasteiger partial charge < -0.3 is 10.2 Å². The Labute approximate surface area is 119 Å². The van der Waals surface area contributed by atoms with Gasteiger partial charge in [0.1, 0.15) is 0 Å². The molecule has 0 atom stereocenters. The molecule has 5 heteroatoms.